The average molecular weight is 373 g/mol. The Bertz CT molecular complexity index is 715. The molecule has 0 saturated heterocycles. The van der Waals surface area contributed by atoms with Gasteiger partial charge in [0.25, 0.3) is 0 Å². The standard InChI is InChI=1S/C24H36O3/c1-16(2)17-8-10-19-18(14-17)9-11-20-23(19,5)12-7-13-24(20,6)21(25)27-15-22(3,4)26/h8,10,14,16,20,26H,7,9,11-13,15H2,1-6H3. The largest absolute Gasteiger partial charge is 0.462 e. The van der Waals surface area contributed by atoms with Gasteiger partial charge in [-0.05, 0) is 80.4 Å². The number of carbonyl (C=O) groups excluding carboxylic acids is 1. The van der Waals surface area contributed by atoms with E-state index in [9.17, 15) is 9.90 Å². The van der Waals surface area contributed by atoms with Crippen molar-refractivity contribution in [3.05, 3.63) is 34.9 Å². The zero-order valence-corrected chi connectivity index (χ0v) is 17.9. The summed E-state index contributed by atoms with van der Waals surface area (Å²) in [5, 5.41) is 9.96. The summed E-state index contributed by atoms with van der Waals surface area (Å²) in [6.07, 6.45) is 5.09. The molecule has 2 aliphatic rings. The topological polar surface area (TPSA) is 46.5 Å². The van der Waals surface area contributed by atoms with E-state index in [2.05, 4.69) is 45.9 Å². The number of fused-ring (bicyclic) bond motifs is 3. The van der Waals surface area contributed by atoms with Crippen LogP contribution in [-0.2, 0) is 21.4 Å². The molecule has 27 heavy (non-hydrogen) atoms. The Morgan fingerprint density at radius 1 is 1.30 bits per heavy atom. The molecule has 3 unspecified atom stereocenters. The van der Waals surface area contributed by atoms with Crippen molar-refractivity contribution in [2.45, 2.75) is 90.6 Å². The minimum absolute atomic E-state index is 0.0177. The van der Waals surface area contributed by atoms with E-state index >= 15 is 0 Å². The maximum absolute atomic E-state index is 13.1. The smallest absolute Gasteiger partial charge is 0.312 e. The summed E-state index contributed by atoms with van der Waals surface area (Å²) in [6.45, 7) is 12.3. The number of rotatable bonds is 4. The molecule has 0 radical (unpaired) electrons. The zero-order chi connectivity index (χ0) is 20.0. The quantitative estimate of drug-likeness (QED) is 0.745. The van der Waals surface area contributed by atoms with E-state index in [-0.39, 0.29) is 23.9 Å². The lowest BCUT2D eigenvalue weighted by Gasteiger charge is -2.54. The highest BCUT2D eigenvalue weighted by atomic mass is 16.5. The summed E-state index contributed by atoms with van der Waals surface area (Å²) in [5.74, 6) is 0.683. The minimum atomic E-state index is -0.990. The molecule has 0 heterocycles. The number of hydrogen-bond donors (Lipinski definition) is 1. The highest BCUT2D eigenvalue weighted by molar-refractivity contribution is 5.77. The number of aliphatic hydroxyl groups is 1. The van der Waals surface area contributed by atoms with Crippen molar-refractivity contribution in [3.63, 3.8) is 0 Å². The van der Waals surface area contributed by atoms with Crippen molar-refractivity contribution >= 4 is 5.97 Å². The molecule has 3 rings (SSSR count). The zero-order valence-electron chi connectivity index (χ0n) is 17.9. The van der Waals surface area contributed by atoms with Gasteiger partial charge in [-0.2, -0.15) is 0 Å². The van der Waals surface area contributed by atoms with E-state index in [4.69, 9.17) is 4.74 Å². The molecule has 3 atom stereocenters. The van der Waals surface area contributed by atoms with Gasteiger partial charge in [0, 0.05) is 0 Å². The molecule has 1 saturated carbocycles. The van der Waals surface area contributed by atoms with Crippen LogP contribution in [0.25, 0.3) is 0 Å². The molecule has 1 aromatic rings. The molecule has 0 aromatic heterocycles. The molecule has 2 aliphatic carbocycles. The van der Waals surface area contributed by atoms with Crippen LogP contribution in [0.2, 0.25) is 0 Å². The lowest BCUT2D eigenvalue weighted by Crippen LogP contribution is -2.53. The molecule has 1 aromatic carbocycles. The minimum Gasteiger partial charge on any atom is -0.462 e. The van der Waals surface area contributed by atoms with Gasteiger partial charge in [0.05, 0.1) is 11.0 Å². The molecule has 0 aliphatic heterocycles. The van der Waals surface area contributed by atoms with Gasteiger partial charge in [-0.15, -0.1) is 0 Å². The van der Waals surface area contributed by atoms with Crippen molar-refractivity contribution in [2.75, 3.05) is 6.61 Å². The number of hydrogen-bond acceptors (Lipinski definition) is 3. The molecule has 0 spiro atoms. The normalized spacial score (nSPS) is 30.6. The summed E-state index contributed by atoms with van der Waals surface area (Å²) in [4.78, 5) is 13.1. The first-order valence-corrected chi connectivity index (χ1v) is 10.5. The van der Waals surface area contributed by atoms with Crippen LogP contribution >= 0.6 is 0 Å². The maximum atomic E-state index is 13.1. The van der Waals surface area contributed by atoms with Crippen LogP contribution in [0.15, 0.2) is 18.2 Å². The van der Waals surface area contributed by atoms with Crippen molar-refractivity contribution in [1.29, 1.82) is 0 Å². The van der Waals surface area contributed by atoms with Crippen molar-refractivity contribution in [2.24, 2.45) is 11.3 Å². The Kier molecular flexibility index (Phi) is 5.22. The van der Waals surface area contributed by atoms with E-state index in [0.29, 0.717) is 5.92 Å². The van der Waals surface area contributed by atoms with Gasteiger partial charge in [0.1, 0.15) is 6.61 Å². The molecule has 0 amide bonds. The summed E-state index contributed by atoms with van der Waals surface area (Å²) >= 11 is 0. The molecule has 3 nitrogen and oxygen atoms in total. The van der Waals surface area contributed by atoms with E-state index in [1.807, 2.05) is 0 Å². The van der Waals surface area contributed by atoms with Crippen LogP contribution in [0, 0.1) is 11.3 Å². The molecule has 0 bridgehead atoms. The second-order valence-corrected chi connectivity index (χ2v) is 10.2. The highest BCUT2D eigenvalue weighted by Crippen LogP contribution is 2.57. The van der Waals surface area contributed by atoms with E-state index in [0.717, 1.165) is 32.1 Å². The molecule has 3 heteroatoms. The lowest BCUT2D eigenvalue weighted by atomic mass is 9.49. The highest BCUT2D eigenvalue weighted by Gasteiger charge is 2.55. The van der Waals surface area contributed by atoms with Crippen molar-refractivity contribution < 1.29 is 14.6 Å². The second-order valence-electron chi connectivity index (χ2n) is 10.2. The van der Waals surface area contributed by atoms with Crippen LogP contribution in [0.4, 0.5) is 0 Å². The summed E-state index contributed by atoms with van der Waals surface area (Å²) < 4.78 is 5.59. The Morgan fingerprint density at radius 3 is 2.63 bits per heavy atom. The third-order valence-electron chi connectivity index (χ3n) is 7.07. The van der Waals surface area contributed by atoms with Gasteiger partial charge in [-0.3, -0.25) is 4.79 Å². The fourth-order valence-electron chi connectivity index (χ4n) is 5.52. The third kappa shape index (κ3) is 3.68. The van der Waals surface area contributed by atoms with Gasteiger partial charge >= 0.3 is 5.97 Å². The van der Waals surface area contributed by atoms with Crippen LogP contribution in [0.5, 0.6) is 0 Å². The first kappa shape index (κ1) is 20.4. The fourth-order valence-corrected chi connectivity index (χ4v) is 5.52. The molecule has 1 fully saturated rings. The average Bonchev–Trinajstić information content (AvgIpc) is 2.58. The van der Waals surface area contributed by atoms with E-state index in [1.165, 1.54) is 16.7 Å². The van der Waals surface area contributed by atoms with Gasteiger partial charge in [0.15, 0.2) is 0 Å². The Morgan fingerprint density at radius 2 is 2.00 bits per heavy atom. The number of esters is 1. The van der Waals surface area contributed by atoms with Gasteiger partial charge < -0.3 is 9.84 Å². The molecule has 150 valence electrons. The fraction of sp³-hybridized carbons (Fsp3) is 0.708. The number of carbonyl (C=O) groups is 1. The SMILES string of the molecule is CC(C)c1ccc2c(c1)CCC1C(C)(C(=O)OCC(C)(C)O)CCCC21C. The summed E-state index contributed by atoms with van der Waals surface area (Å²) in [5.41, 5.74) is 2.85. The maximum Gasteiger partial charge on any atom is 0.312 e. The van der Waals surface area contributed by atoms with Crippen LogP contribution in [-0.4, -0.2) is 23.3 Å². The van der Waals surface area contributed by atoms with Gasteiger partial charge in [-0.25, -0.2) is 0 Å². The van der Waals surface area contributed by atoms with E-state index < -0.39 is 11.0 Å². The van der Waals surface area contributed by atoms with E-state index in [1.54, 1.807) is 13.8 Å². The first-order chi connectivity index (χ1) is 12.5. The monoisotopic (exact) mass is 372 g/mol. The number of aryl methyl sites for hydroxylation is 1. The van der Waals surface area contributed by atoms with Crippen molar-refractivity contribution in [1.82, 2.24) is 0 Å². The Labute approximate surface area is 164 Å². The Balaban J connectivity index is 1.92. The molecule has 1 N–H and O–H groups in total. The van der Waals surface area contributed by atoms with Crippen LogP contribution < -0.4 is 0 Å². The number of benzene rings is 1. The first-order valence-electron chi connectivity index (χ1n) is 10.5. The lowest BCUT2D eigenvalue weighted by molar-refractivity contribution is -0.170. The number of ether oxygens (including phenoxy) is 1. The molecular formula is C24H36O3. The predicted molar refractivity (Wildman–Crippen MR) is 109 cm³/mol. The third-order valence-corrected chi connectivity index (χ3v) is 7.07. The van der Waals surface area contributed by atoms with Crippen molar-refractivity contribution in [3.8, 4) is 0 Å². The van der Waals surface area contributed by atoms with Gasteiger partial charge in [-0.1, -0.05) is 45.4 Å². The van der Waals surface area contributed by atoms with Gasteiger partial charge in [0.2, 0.25) is 0 Å². The molecular weight excluding hydrogens is 336 g/mol. The second kappa shape index (κ2) is 6.92. The van der Waals surface area contributed by atoms with Crippen LogP contribution in [0.3, 0.4) is 0 Å². The predicted octanol–water partition coefficient (Wildman–Crippen LogP) is 5.13. The summed E-state index contributed by atoms with van der Waals surface area (Å²) in [7, 11) is 0. The Hall–Kier alpha value is -1.35. The van der Waals surface area contributed by atoms with Crippen LogP contribution in [0.1, 0.15) is 89.8 Å². The summed E-state index contributed by atoms with van der Waals surface area (Å²) in [6, 6.07) is 6.99.